The van der Waals surface area contributed by atoms with Gasteiger partial charge in [-0.2, -0.15) is 28.6 Å². The lowest BCUT2D eigenvalue weighted by molar-refractivity contribution is -0.110. The molecular weight excluding hydrogens is 459 g/mol. The normalized spacial score (nSPS) is 14.9. The molecule has 9 nitrogen and oxygen atoms in total. The zero-order valence-electron chi connectivity index (χ0n) is 17.7. The van der Waals surface area contributed by atoms with Crippen molar-refractivity contribution in [1.29, 1.82) is 5.26 Å². The second-order valence-corrected chi connectivity index (χ2v) is 8.15. The highest BCUT2D eigenvalue weighted by atomic mass is 35.5. The number of nitriles is 1. The highest BCUT2D eigenvalue weighted by Gasteiger charge is 2.39. The number of hydrogen-bond acceptors (Lipinski definition) is 6. The van der Waals surface area contributed by atoms with E-state index in [1.165, 1.54) is 0 Å². The fourth-order valence-electron chi connectivity index (χ4n) is 3.50. The number of aryl methyl sites for hydroxylation is 1. The summed E-state index contributed by atoms with van der Waals surface area (Å²) in [4.78, 5) is 9.22. The molecule has 0 amide bonds. The predicted octanol–water partition coefficient (Wildman–Crippen LogP) is 3.43. The van der Waals surface area contributed by atoms with Gasteiger partial charge in [-0.05, 0) is 0 Å². The van der Waals surface area contributed by atoms with Crippen LogP contribution in [0.4, 0.5) is 13.2 Å². The van der Waals surface area contributed by atoms with E-state index in [-0.39, 0.29) is 12.5 Å². The fourth-order valence-corrected chi connectivity index (χ4v) is 3.71. The average molecular weight is 478 g/mol. The van der Waals surface area contributed by atoms with Crippen LogP contribution in [0.25, 0.3) is 28.3 Å². The third-order valence-corrected chi connectivity index (χ3v) is 5.36. The van der Waals surface area contributed by atoms with Gasteiger partial charge >= 0.3 is 6.18 Å². The molecule has 4 aromatic heterocycles. The van der Waals surface area contributed by atoms with Gasteiger partial charge in [0.2, 0.25) is 0 Å². The first-order valence-electron chi connectivity index (χ1n) is 9.83. The molecule has 5 rings (SSSR count). The molecular formula is C20H19ClF3N9. The van der Waals surface area contributed by atoms with Gasteiger partial charge in [0.15, 0.2) is 5.82 Å². The standard InChI is InChI=1S/C18H16ClN9.C2H3F3/c1-26-8-12(5-23-26)14-4-16-22-7-15(19)28(16)17(25-14)13-6-24-27(9-13)18(2-3-20)10-21-11-18;1-2(3,4)5/h4-9,21H,2,10-11H2,1H3;1H3. The van der Waals surface area contributed by atoms with E-state index >= 15 is 0 Å². The first-order chi connectivity index (χ1) is 15.6. The first-order valence-corrected chi connectivity index (χ1v) is 10.2. The molecule has 33 heavy (non-hydrogen) atoms. The number of rotatable bonds is 4. The van der Waals surface area contributed by atoms with Crippen molar-refractivity contribution in [1.82, 2.24) is 39.2 Å². The highest BCUT2D eigenvalue weighted by molar-refractivity contribution is 6.30. The molecule has 13 heteroatoms. The van der Waals surface area contributed by atoms with Gasteiger partial charge in [-0.1, -0.05) is 11.6 Å². The van der Waals surface area contributed by atoms with Crippen LogP contribution in [-0.4, -0.2) is 53.2 Å². The molecule has 0 spiro atoms. The van der Waals surface area contributed by atoms with E-state index in [4.69, 9.17) is 16.6 Å². The number of nitrogens with one attached hydrogen (secondary N) is 1. The van der Waals surface area contributed by atoms with Crippen molar-refractivity contribution in [3.05, 3.63) is 42.2 Å². The van der Waals surface area contributed by atoms with Crippen LogP contribution in [0.3, 0.4) is 0 Å². The number of imidazole rings is 1. The number of alkyl halides is 3. The summed E-state index contributed by atoms with van der Waals surface area (Å²) in [6, 6.07) is 4.14. The van der Waals surface area contributed by atoms with E-state index in [1.807, 2.05) is 30.2 Å². The predicted molar refractivity (Wildman–Crippen MR) is 114 cm³/mol. The van der Waals surface area contributed by atoms with Gasteiger partial charge in [-0.25, -0.2) is 9.97 Å². The molecule has 0 unspecified atom stereocenters. The molecule has 172 valence electrons. The Morgan fingerprint density at radius 2 is 1.88 bits per heavy atom. The summed E-state index contributed by atoms with van der Waals surface area (Å²) in [7, 11) is 1.86. The van der Waals surface area contributed by atoms with Crippen LogP contribution in [0.2, 0.25) is 5.15 Å². The molecule has 1 fully saturated rings. The lowest BCUT2D eigenvalue weighted by atomic mass is 9.89. The third kappa shape index (κ3) is 4.69. The van der Waals surface area contributed by atoms with Crippen molar-refractivity contribution in [2.24, 2.45) is 7.05 Å². The number of fused-ring (bicyclic) bond motifs is 1. The van der Waals surface area contributed by atoms with Crippen LogP contribution < -0.4 is 5.32 Å². The van der Waals surface area contributed by atoms with Crippen molar-refractivity contribution >= 4 is 17.2 Å². The molecule has 1 aliphatic heterocycles. The Balaban J connectivity index is 0.000000471. The number of aromatic nitrogens is 7. The van der Waals surface area contributed by atoms with Crippen molar-refractivity contribution in [2.45, 2.75) is 25.1 Å². The van der Waals surface area contributed by atoms with Crippen LogP contribution in [0, 0.1) is 11.3 Å². The van der Waals surface area contributed by atoms with Crippen LogP contribution in [0.1, 0.15) is 13.3 Å². The largest absolute Gasteiger partial charge is 0.386 e. The maximum absolute atomic E-state index is 10.4. The van der Waals surface area contributed by atoms with Gasteiger partial charge in [0.1, 0.15) is 16.3 Å². The number of hydrogen-bond donors (Lipinski definition) is 1. The van der Waals surface area contributed by atoms with Gasteiger partial charge in [-0.15, -0.1) is 0 Å². The molecule has 0 atom stereocenters. The summed E-state index contributed by atoms with van der Waals surface area (Å²) < 4.78 is 36.4. The summed E-state index contributed by atoms with van der Waals surface area (Å²) >= 11 is 6.38. The molecule has 1 aliphatic rings. The molecule has 0 aliphatic carbocycles. The van der Waals surface area contributed by atoms with E-state index in [0.717, 1.165) is 16.8 Å². The average Bonchev–Trinajstić information content (AvgIpc) is 3.43. The minimum Gasteiger partial charge on any atom is -0.312 e. The zero-order valence-corrected chi connectivity index (χ0v) is 18.4. The van der Waals surface area contributed by atoms with Crippen LogP contribution in [-0.2, 0) is 12.6 Å². The maximum Gasteiger partial charge on any atom is 0.386 e. The molecule has 4 aromatic rings. The molecule has 0 saturated carbocycles. The third-order valence-electron chi connectivity index (χ3n) is 5.09. The second-order valence-electron chi connectivity index (χ2n) is 7.76. The molecule has 1 N–H and O–H groups in total. The summed E-state index contributed by atoms with van der Waals surface area (Å²) in [5.74, 6) is 0.643. The maximum atomic E-state index is 10.4. The molecule has 0 bridgehead atoms. The van der Waals surface area contributed by atoms with Crippen molar-refractivity contribution in [3.63, 3.8) is 0 Å². The monoisotopic (exact) mass is 477 g/mol. The zero-order chi connectivity index (χ0) is 23.8. The van der Waals surface area contributed by atoms with Gasteiger partial charge < -0.3 is 5.32 Å². The van der Waals surface area contributed by atoms with E-state index in [2.05, 4.69) is 26.6 Å². The van der Waals surface area contributed by atoms with Crippen LogP contribution >= 0.6 is 11.6 Å². The van der Waals surface area contributed by atoms with Gasteiger partial charge in [0, 0.05) is 51.1 Å². The Kier molecular flexibility index (Phi) is 5.85. The van der Waals surface area contributed by atoms with E-state index in [9.17, 15) is 18.4 Å². The summed E-state index contributed by atoms with van der Waals surface area (Å²) in [5, 5.41) is 21.6. The Bertz CT molecular complexity index is 1320. The molecule has 0 aromatic carbocycles. The molecule has 0 radical (unpaired) electrons. The Labute approximate surface area is 191 Å². The lowest BCUT2D eigenvalue weighted by Gasteiger charge is -2.41. The first kappa shape index (κ1) is 22.8. The van der Waals surface area contributed by atoms with Gasteiger partial charge in [0.25, 0.3) is 0 Å². The minimum absolute atomic E-state index is 0.188. The SMILES string of the molecule is CC(F)(F)F.Cn1cc(-c2cc3ncc(Cl)n3c(-c3cnn(C4(CC#N)CNC4)c3)n2)cn1. The van der Waals surface area contributed by atoms with Gasteiger partial charge in [0.05, 0.1) is 42.3 Å². The highest BCUT2D eigenvalue weighted by Crippen LogP contribution is 2.30. The summed E-state index contributed by atoms with van der Waals surface area (Å²) in [6.45, 7) is 1.62. The van der Waals surface area contributed by atoms with Crippen LogP contribution in [0.5, 0.6) is 0 Å². The van der Waals surface area contributed by atoms with Crippen molar-refractivity contribution in [2.75, 3.05) is 13.1 Å². The van der Waals surface area contributed by atoms with Crippen molar-refractivity contribution < 1.29 is 13.2 Å². The summed E-state index contributed by atoms with van der Waals surface area (Å²) in [5.41, 5.74) is 2.83. The summed E-state index contributed by atoms with van der Waals surface area (Å²) in [6.07, 6.45) is 5.33. The number of nitrogens with zero attached hydrogens (tertiary/aromatic N) is 8. The van der Waals surface area contributed by atoms with E-state index in [1.54, 1.807) is 27.7 Å². The number of halogens is 4. The Morgan fingerprint density at radius 3 is 2.45 bits per heavy atom. The Hall–Kier alpha value is -3.43. The van der Waals surface area contributed by atoms with Crippen LogP contribution in [0.15, 0.2) is 37.1 Å². The topological polar surface area (TPSA) is 102 Å². The lowest BCUT2D eigenvalue weighted by Crippen LogP contribution is -2.60. The van der Waals surface area contributed by atoms with Gasteiger partial charge in [-0.3, -0.25) is 13.8 Å². The molecule has 1 saturated heterocycles. The second kappa shape index (κ2) is 8.49. The fraction of sp³-hybridized carbons (Fsp3) is 0.350. The minimum atomic E-state index is -4.00. The van der Waals surface area contributed by atoms with E-state index in [0.29, 0.717) is 36.1 Å². The Morgan fingerprint density at radius 1 is 1.18 bits per heavy atom. The molecule has 5 heterocycles. The smallest absolute Gasteiger partial charge is 0.312 e. The quantitative estimate of drug-likeness (QED) is 0.483. The van der Waals surface area contributed by atoms with E-state index < -0.39 is 6.18 Å². The van der Waals surface area contributed by atoms with Crippen molar-refractivity contribution in [3.8, 4) is 28.7 Å².